The monoisotopic (exact) mass is 272 g/mol. The summed E-state index contributed by atoms with van der Waals surface area (Å²) in [5, 5.41) is 12.5. The van der Waals surface area contributed by atoms with Gasteiger partial charge in [0, 0.05) is 19.2 Å². The van der Waals surface area contributed by atoms with E-state index in [9.17, 15) is 4.79 Å². The minimum Gasteiger partial charge on any atom is -0.496 e. The highest BCUT2D eigenvalue weighted by molar-refractivity contribution is 6.33. The summed E-state index contributed by atoms with van der Waals surface area (Å²) in [4.78, 5) is 13.0. The molecule has 0 unspecified atom stereocenters. The number of hydrogen-bond acceptors (Lipinski definition) is 4. The van der Waals surface area contributed by atoms with Gasteiger partial charge in [-0.05, 0) is 20.2 Å². The number of carboxylic acid groups (broad SMARTS) is 1. The zero-order chi connectivity index (χ0) is 13.7. The van der Waals surface area contributed by atoms with Gasteiger partial charge < -0.3 is 20.1 Å². The lowest BCUT2D eigenvalue weighted by atomic mass is 10.2. The average molecular weight is 273 g/mol. The van der Waals surface area contributed by atoms with E-state index in [1.54, 1.807) is 6.07 Å². The number of aromatic carboxylic acids is 1. The number of carbonyl (C=O) groups is 1. The SMILES string of the molecule is COc1cc(NCCN(C)C)c(Cl)cc1C(=O)O. The Labute approximate surface area is 111 Å². The molecule has 0 saturated carbocycles. The third kappa shape index (κ3) is 3.78. The van der Waals surface area contributed by atoms with Crippen LogP contribution in [0.2, 0.25) is 5.02 Å². The molecule has 0 aliphatic heterocycles. The van der Waals surface area contributed by atoms with E-state index in [-0.39, 0.29) is 5.56 Å². The van der Waals surface area contributed by atoms with Crippen molar-refractivity contribution in [2.75, 3.05) is 39.6 Å². The van der Waals surface area contributed by atoms with Crippen molar-refractivity contribution in [2.45, 2.75) is 0 Å². The first-order valence-corrected chi connectivity index (χ1v) is 5.83. The van der Waals surface area contributed by atoms with Gasteiger partial charge in [0.1, 0.15) is 11.3 Å². The van der Waals surface area contributed by atoms with Crippen molar-refractivity contribution in [1.29, 1.82) is 0 Å². The van der Waals surface area contributed by atoms with Gasteiger partial charge >= 0.3 is 5.97 Å². The van der Waals surface area contributed by atoms with Crippen LogP contribution in [0.3, 0.4) is 0 Å². The molecule has 18 heavy (non-hydrogen) atoms. The van der Waals surface area contributed by atoms with E-state index >= 15 is 0 Å². The van der Waals surface area contributed by atoms with Gasteiger partial charge in [0.05, 0.1) is 17.8 Å². The molecule has 0 saturated heterocycles. The van der Waals surface area contributed by atoms with Crippen molar-refractivity contribution in [3.63, 3.8) is 0 Å². The van der Waals surface area contributed by atoms with Crippen molar-refractivity contribution < 1.29 is 14.6 Å². The first-order chi connectivity index (χ1) is 8.45. The number of rotatable bonds is 6. The fraction of sp³-hybridized carbons (Fsp3) is 0.417. The van der Waals surface area contributed by atoms with E-state index in [0.717, 1.165) is 6.54 Å². The Morgan fingerprint density at radius 1 is 1.50 bits per heavy atom. The Kier molecular flexibility index (Phi) is 5.25. The van der Waals surface area contributed by atoms with Gasteiger partial charge in [0.2, 0.25) is 0 Å². The topological polar surface area (TPSA) is 61.8 Å². The summed E-state index contributed by atoms with van der Waals surface area (Å²) >= 11 is 6.02. The third-order valence-electron chi connectivity index (χ3n) is 2.39. The lowest BCUT2D eigenvalue weighted by Crippen LogP contribution is -2.21. The number of methoxy groups -OCH3 is 1. The lowest BCUT2D eigenvalue weighted by molar-refractivity contribution is 0.0693. The normalized spacial score (nSPS) is 10.5. The van der Waals surface area contributed by atoms with Gasteiger partial charge in [-0.1, -0.05) is 11.6 Å². The molecule has 5 nitrogen and oxygen atoms in total. The van der Waals surface area contributed by atoms with Gasteiger partial charge in [-0.15, -0.1) is 0 Å². The van der Waals surface area contributed by atoms with Gasteiger partial charge in [-0.3, -0.25) is 0 Å². The highest BCUT2D eigenvalue weighted by Crippen LogP contribution is 2.30. The van der Waals surface area contributed by atoms with Crippen LogP contribution in [0, 0.1) is 0 Å². The molecular formula is C12H17ClN2O3. The van der Waals surface area contributed by atoms with Crippen LogP contribution < -0.4 is 10.1 Å². The molecular weight excluding hydrogens is 256 g/mol. The number of halogens is 1. The predicted octanol–water partition coefficient (Wildman–Crippen LogP) is 2.02. The number of carboxylic acids is 1. The number of nitrogens with one attached hydrogen (secondary N) is 1. The Morgan fingerprint density at radius 3 is 2.67 bits per heavy atom. The molecule has 0 spiro atoms. The van der Waals surface area contributed by atoms with Crippen molar-refractivity contribution >= 4 is 23.3 Å². The Balaban J connectivity index is 2.90. The second-order valence-corrected chi connectivity index (χ2v) is 4.47. The van der Waals surface area contributed by atoms with E-state index < -0.39 is 5.97 Å². The molecule has 1 aromatic carbocycles. The summed E-state index contributed by atoms with van der Waals surface area (Å²) in [6.07, 6.45) is 0. The number of anilines is 1. The molecule has 1 aromatic rings. The predicted molar refractivity (Wildman–Crippen MR) is 72.0 cm³/mol. The van der Waals surface area contributed by atoms with Crippen LogP contribution in [-0.2, 0) is 0 Å². The second-order valence-electron chi connectivity index (χ2n) is 4.07. The summed E-state index contributed by atoms with van der Waals surface area (Å²) in [6, 6.07) is 2.99. The van der Waals surface area contributed by atoms with Crippen LogP contribution >= 0.6 is 11.6 Å². The maximum atomic E-state index is 11.0. The molecule has 0 heterocycles. The fourth-order valence-corrected chi connectivity index (χ4v) is 1.67. The van der Waals surface area contributed by atoms with E-state index in [4.69, 9.17) is 21.4 Å². The van der Waals surface area contributed by atoms with E-state index in [1.165, 1.54) is 13.2 Å². The smallest absolute Gasteiger partial charge is 0.339 e. The van der Waals surface area contributed by atoms with Crippen LogP contribution in [0.5, 0.6) is 5.75 Å². The van der Waals surface area contributed by atoms with Gasteiger partial charge in [-0.25, -0.2) is 4.79 Å². The Hall–Kier alpha value is -1.46. The molecule has 0 fully saturated rings. The zero-order valence-electron chi connectivity index (χ0n) is 10.7. The zero-order valence-corrected chi connectivity index (χ0v) is 11.4. The summed E-state index contributed by atoms with van der Waals surface area (Å²) in [7, 11) is 5.37. The number of likely N-dealkylation sites (N-methyl/N-ethyl adjacent to an activating group) is 1. The number of benzene rings is 1. The number of ether oxygens (including phenoxy) is 1. The first-order valence-electron chi connectivity index (χ1n) is 5.45. The maximum absolute atomic E-state index is 11.0. The third-order valence-corrected chi connectivity index (χ3v) is 2.71. The molecule has 100 valence electrons. The molecule has 0 radical (unpaired) electrons. The van der Waals surface area contributed by atoms with E-state index in [0.29, 0.717) is 23.0 Å². The molecule has 0 aliphatic carbocycles. The minimum absolute atomic E-state index is 0.0562. The number of hydrogen-bond donors (Lipinski definition) is 2. The fourth-order valence-electron chi connectivity index (χ4n) is 1.44. The van der Waals surface area contributed by atoms with E-state index in [1.807, 2.05) is 19.0 Å². The standard InChI is InChI=1S/C12H17ClN2O3/c1-15(2)5-4-14-10-7-11(18-3)8(12(16)17)6-9(10)13/h6-7,14H,4-5H2,1-3H3,(H,16,17). The molecule has 2 N–H and O–H groups in total. The van der Waals surface area contributed by atoms with Gasteiger partial charge in [0.25, 0.3) is 0 Å². The molecule has 0 bridgehead atoms. The van der Waals surface area contributed by atoms with Crippen LogP contribution in [0.15, 0.2) is 12.1 Å². The highest BCUT2D eigenvalue weighted by Gasteiger charge is 2.14. The Morgan fingerprint density at radius 2 is 2.17 bits per heavy atom. The van der Waals surface area contributed by atoms with Crippen LogP contribution in [0.25, 0.3) is 0 Å². The van der Waals surface area contributed by atoms with Crippen molar-refractivity contribution in [3.05, 3.63) is 22.7 Å². The molecule has 0 aliphatic rings. The molecule has 0 aromatic heterocycles. The van der Waals surface area contributed by atoms with Crippen LogP contribution in [0.4, 0.5) is 5.69 Å². The van der Waals surface area contributed by atoms with E-state index in [2.05, 4.69) is 5.32 Å². The quantitative estimate of drug-likeness (QED) is 0.830. The largest absolute Gasteiger partial charge is 0.496 e. The van der Waals surface area contributed by atoms with Crippen LogP contribution in [-0.4, -0.2) is 50.3 Å². The van der Waals surface area contributed by atoms with Gasteiger partial charge in [0.15, 0.2) is 0 Å². The Bertz CT molecular complexity index is 436. The summed E-state index contributed by atoms with van der Waals surface area (Å²) in [5.41, 5.74) is 0.723. The van der Waals surface area contributed by atoms with Crippen molar-refractivity contribution in [3.8, 4) is 5.75 Å². The van der Waals surface area contributed by atoms with Gasteiger partial charge in [-0.2, -0.15) is 0 Å². The van der Waals surface area contributed by atoms with Crippen molar-refractivity contribution in [2.24, 2.45) is 0 Å². The molecule has 0 amide bonds. The average Bonchev–Trinajstić information content (AvgIpc) is 2.30. The summed E-state index contributed by atoms with van der Waals surface area (Å²) in [5.74, 6) is -0.771. The maximum Gasteiger partial charge on any atom is 0.339 e. The first kappa shape index (κ1) is 14.6. The van der Waals surface area contributed by atoms with Crippen molar-refractivity contribution in [1.82, 2.24) is 4.90 Å². The lowest BCUT2D eigenvalue weighted by Gasteiger charge is -2.14. The summed E-state index contributed by atoms with van der Waals surface area (Å²) in [6.45, 7) is 1.56. The highest BCUT2D eigenvalue weighted by atomic mass is 35.5. The molecule has 0 atom stereocenters. The second kappa shape index (κ2) is 6.47. The van der Waals surface area contributed by atoms with Crippen LogP contribution in [0.1, 0.15) is 10.4 Å². The summed E-state index contributed by atoms with van der Waals surface area (Å²) < 4.78 is 5.04. The minimum atomic E-state index is -1.06. The molecule has 1 rings (SSSR count). The number of nitrogens with zero attached hydrogens (tertiary/aromatic N) is 1. The molecule has 6 heteroatoms.